The summed E-state index contributed by atoms with van der Waals surface area (Å²) in [5.41, 5.74) is 0.509. The van der Waals surface area contributed by atoms with Crippen LogP contribution >= 0.6 is 0 Å². The number of nitrogens with one attached hydrogen (secondary N) is 1. The first-order chi connectivity index (χ1) is 5.20. The van der Waals surface area contributed by atoms with Gasteiger partial charge in [0.25, 0.3) is 0 Å². The number of allylic oxidation sites excluding steroid dienone is 1. The van der Waals surface area contributed by atoms with E-state index in [1.54, 1.807) is 6.92 Å². The Morgan fingerprint density at radius 3 is 2.91 bits per heavy atom. The van der Waals surface area contributed by atoms with E-state index in [9.17, 15) is 4.79 Å². The van der Waals surface area contributed by atoms with E-state index in [-0.39, 0.29) is 12.2 Å². The maximum Gasteiger partial charge on any atom is 0.182 e. The van der Waals surface area contributed by atoms with Crippen molar-refractivity contribution in [3.8, 4) is 0 Å². The molecule has 1 rings (SSSR count). The summed E-state index contributed by atoms with van der Waals surface area (Å²) >= 11 is 0. The third-order valence-electron chi connectivity index (χ3n) is 1.18. The van der Waals surface area contributed by atoms with Crippen molar-refractivity contribution in [1.29, 1.82) is 0 Å². The summed E-state index contributed by atoms with van der Waals surface area (Å²) in [5, 5.41) is 12.8. The normalized spacial score (nSPS) is 9.55. The minimum atomic E-state index is -0.0635. The first kappa shape index (κ1) is 7.59. The van der Waals surface area contributed by atoms with E-state index < -0.39 is 0 Å². The minimum absolute atomic E-state index is 0.0635. The maximum absolute atomic E-state index is 11.0. The van der Waals surface area contributed by atoms with Gasteiger partial charge in [-0.15, -0.1) is 10.2 Å². The van der Waals surface area contributed by atoms with Crippen LogP contribution in [-0.4, -0.2) is 26.4 Å². The van der Waals surface area contributed by atoms with E-state index in [1.165, 1.54) is 0 Å². The van der Waals surface area contributed by atoms with Crippen LogP contribution < -0.4 is 0 Å². The molecule has 11 heavy (non-hydrogen) atoms. The molecule has 0 amide bonds. The van der Waals surface area contributed by atoms with Gasteiger partial charge in [-0.2, -0.15) is 5.21 Å². The molecule has 0 unspecified atom stereocenters. The highest BCUT2D eigenvalue weighted by atomic mass is 16.1. The number of aromatic amines is 1. The molecule has 58 valence electrons. The van der Waals surface area contributed by atoms with E-state index in [0.29, 0.717) is 11.4 Å². The summed E-state index contributed by atoms with van der Waals surface area (Å²) in [6, 6.07) is 0. The molecule has 1 N–H and O–H groups in total. The number of H-pyrrole nitrogens is 1. The Kier molecular flexibility index (Phi) is 2.10. The number of nitrogens with zero attached hydrogens (tertiary/aromatic N) is 3. The highest BCUT2D eigenvalue weighted by Crippen LogP contribution is 1.95. The smallest absolute Gasteiger partial charge is 0.182 e. The first-order valence-electron chi connectivity index (χ1n) is 3.11. The van der Waals surface area contributed by atoms with Gasteiger partial charge in [0.1, 0.15) is 0 Å². The van der Waals surface area contributed by atoms with Gasteiger partial charge in [-0.3, -0.25) is 4.79 Å². The number of hydrogen-bond acceptors (Lipinski definition) is 4. The number of carbonyl (C=O) groups excluding carboxylic acids is 1. The Labute approximate surface area is 63.5 Å². The number of tetrazole rings is 1. The molecule has 0 spiro atoms. The maximum atomic E-state index is 11.0. The second kappa shape index (κ2) is 3.05. The molecule has 0 aromatic carbocycles. The molecule has 0 saturated carbocycles. The Hall–Kier alpha value is -1.52. The average molecular weight is 152 g/mol. The number of carbonyl (C=O) groups is 1. The molecule has 0 aliphatic carbocycles. The molecule has 5 nitrogen and oxygen atoms in total. The molecule has 0 fully saturated rings. The fourth-order valence-corrected chi connectivity index (χ4v) is 0.552. The van der Waals surface area contributed by atoms with E-state index in [1.807, 2.05) is 0 Å². The predicted octanol–water partition coefficient (Wildman–Crippen LogP) is -0.113. The number of ketones is 1. The highest BCUT2D eigenvalue weighted by Gasteiger charge is 2.06. The van der Waals surface area contributed by atoms with Crippen molar-refractivity contribution in [3.05, 3.63) is 18.0 Å². The number of hydrogen-bond donors (Lipinski definition) is 1. The third-order valence-corrected chi connectivity index (χ3v) is 1.18. The lowest BCUT2D eigenvalue weighted by atomic mass is 10.1. The highest BCUT2D eigenvalue weighted by molar-refractivity contribution is 5.95. The molecule has 0 atom stereocenters. The number of Topliss-reactive ketones (excluding diaryl/α,β-unsaturated/α-hetero) is 1. The van der Waals surface area contributed by atoms with Crippen molar-refractivity contribution in [3.63, 3.8) is 0 Å². The molecule has 1 aromatic rings. The Morgan fingerprint density at radius 1 is 1.73 bits per heavy atom. The zero-order valence-corrected chi connectivity index (χ0v) is 6.16. The first-order valence-corrected chi connectivity index (χ1v) is 3.11. The van der Waals surface area contributed by atoms with Crippen molar-refractivity contribution < 1.29 is 4.79 Å². The van der Waals surface area contributed by atoms with Gasteiger partial charge < -0.3 is 0 Å². The predicted molar refractivity (Wildman–Crippen MR) is 37.7 cm³/mol. The van der Waals surface area contributed by atoms with Crippen LogP contribution in [-0.2, 0) is 11.2 Å². The standard InChI is InChI=1S/C6H8N4O/c1-4(2)5(11)3-6-7-9-10-8-6/h1,3H2,2H3,(H,7,8,9,10). The Bertz CT molecular complexity index is 264. The monoisotopic (exact) mass is 152 g/mol. The van der Waals surface area contributed by atoms with Crippen molar-refractivity contribution >= 4 is 5.78 Å². The fraction of sp³-hybridized carbons (Fsp3) is 0.333. The topological polar surface area (TPSA) is 71.5 Å². The molecule has 0 radical (unpaired) electrons. The lowest BCUT2D eigenvalue weighted by Gasteiger charge is -1.91. The molecular formula is C6H8N4O. The van der Waals surface area contributed by atoms with Gasteiger partial charge >= 0.3 is 0 Å². The van der Waals surface area contributed by atoms with Gasteiger partial charge in [0.15, 0.2) is 11.6 Å². The van der Waals surface area contributed by atoms with Crippen LogP contribution in [0.5, 0.6) is 0 Å². The van der Waals surface area contributed by atoms with E-state index >= 15 is 0 Å². The van der Waals surface area contributed by atoms with Gasteiger partial charge in [-0.25, -0.2) is 0 Å². The summed E-state index contributed by atoms with van der Waals surface area (Å²) in [6.45, 7) is 5.16. The summed E-state index contributed by atoms with van der Waals surface area (Å²) < 4.78 is 0. The van der Waals surface area contributed by atoms with Gasteiger partial charge in [-0.05, 0) is 12.5 Å². The third kappa shape index (κ3) is 1.96. The molecular weight excluding hydrogens is 144 g/mol. The van der Waals surface area contributed by atoms with Gasteiger partial charge in [-0.1, -0.05) is 11.8 Å². The molecule has 1 heterocycles. The van der Waals surface area contributed by atoms with Crippen molar-refractivity contribution in [2.75, 3.05) is 0 Å². The summed E-state index contributed by atoms with van der Waals surface area (Å²) in [7, 11) is 0. The summed E-state index contributed by atoms with van der Waals surface area (Å²) in [5.74, 6) is 0.337. The van der Waals surface area contributed by atoms with E-state index in [4.69, 9.17) is 0 Å². The van der Waals surface area contributed by atoms with Crippen molar-refractivity contribution in [1.82, 2.24) is 20.6 Å². The molecule has 0 bridgehead atoms. The largest absolute Gasteiger partial charge is 0.294 e. The second-order valence-electron chi connectivity index (χ2n) is 2.21. The summed E-state index contributed by atoms with van der Waals surface area (Å²) in [6.07, 6.45) is 0.172. The molecule has 1 aromatic heterocycles. The van der Waals surface area contributed by atoms with Crippen molar-refractivity contribution in [2.24, 2.45) is 0 Å². The SMILES string of the molecule is C=C(C)C(=O)Cc1nn[nH]n1. The number of aromatic nitrogens is 4. The lowest BCUT2D eigenvalue weighted by molar-refractivity contribution is -0.115. The zero-order chi connectivity index (χ0) is 8.27. The average Bonchev–Trinajstić information content (AvgIpc) is 2.39. The molecule has 0 saturated heterocycles. The Balaban J connectivity index is 2.57. The van der Waals surface area contributed by atoms with Crippen LogP contribution in [0, 0.1) is 0 Å². The lowest BCUT2D eigenvalue weighted by Crippen LogP contribution is -2.04. The fourth-order valence-electron chi connectivity index (χ4n) is 0.552. The second-order valence-corrected chi connectivity index (χ2v) is 2.21. The quantitative estimate of drug-likeness (QED) is 0.613. The van der Waals surface area contributed by atoms with Crippen molar-refractivity contribution in [2.45, 2.75) is 13.3 Å². The van der Waals surface area contributed by atoms with E-state index in [2.05, 4.69) is 27.2 Å². The van der Waals surface area contributed by atoms with Crippen LogP contribution in [0.2, 0.25) is 0 Å². The zero-order valence-electron chi connectivity index (χ0n) is 6.16. The van der Waals surface area contributed by atoms with Crippen LogP contribution in [0.4, 0.5) is 0 Å². The van der Waals surface area contributed by atoms with E-state index in [0.717, 1.165) is 0 Å². The van der Waals surface area contributed by atoms with Crippen LogP contribution in [0.25, 0.3) is 0 Å². The summed E-state index contributed by atoms with van der Waals surface area (Å²) in [4.78, 5) is 11.0. The Morgan fingerprint density at radius 2 is 2.45 bits per heavy atom. The van der Waals surface area contributed by atoms with Gasteiger partial charge in [0, 0.05) is 0 Å². The van der Waals surface area contributed by atoms with Crippen LogP contribution in [0.1, 0.15) is 12.7 Å². The number of rotatable bonds is 3. The van der Waals surface area contributed by atoms with Gasteiger partial charge in [0.2, 0.25) is 0 Å². The van der Waals surface area contributed by atoms with Crippen LogP contribution in [0.3, 0.4) is 0 Å². The minimum Gasteiger partial charge on any atom is -0.294 e. The molecule has 5 heteroatoms. The van der Waals surface area contributed by atoms with Gasteiger partial charge in [0.05, 0.1) is 6.42 Å². The molecule has 0 aliphatic heterocycles. The molecule has 0 aliphatic rings. The van der Waals surface area contributed by atoms with Crippen LogP contribution in [0.15, 0.2) is 12.2 Å².